The molecule has 0 aromatic rings. The van der Waals surface area contributed by atoms with Crippen molar-refractivity contribution in [2.45, 2.75) is 31.8 Å². The van der Waals surface area contributed by atoms with E-state index in [1.54, 1.807) is 0 Å². The molecular formula is C11H15N3O. The highest BCUT2D eigenvalue weighted by atomic mass is 16.2. The molecule has 1 unspecified atom stereocenters. The van der Waals surface area contributed by atoms with Crippen molar-refractivity contribution >= 4 is 6.03 Å². The number of carbonyl (C=O) groups is 1. The summed E-state index contributed by atoms with van der Waals surface area (Å²) in [4.78, 5) is 13.4. The van der Waals surface area contributed by atoms with E-state index in [1.807, 2.05) is 23.1 Å². The minimum Gasteiger partial charge on any atom is -0.276 e. The second-order valence-corrected chi connectivity index (χ2v) is 4.41. The Morgan fingerprint density at radius 1 is 1.47 bits per heavy atom. The van der Waals surface area contributed by atoms with Crippen molar-refractivity contribution in [2.75, 3.05) is 0 Å². The molecule has 2 aliphatic heterocycles. The van der Waals surface area contributed by atoms with Crippen LogP contribution in [-0.2, 0) is 0 Å². The maximum absolute atomic E-state index is 11.6. The van der Waals surface area contributed by atoms with Gasteiger partial charge >= 0.3 is 6.03 Å². The van der Waals surface area contributed by atoms with Crippen LogP contribution in [0.25, 0.3) is 0 Å². The van der Waals surface area contributed by atoms with Crippen molar-refractivity contribution in [2.24, 2.45) is 5.92 Å². The van der Waals surface area contributed by atoms with Gasteiger partial charge in [0.05, 0.1) is 0 Å². The van der Waals surface area contributed by atoms with Crippen molar-refractivity contribution in [3.63, 3.8) is 0 Å². The van der Waals surface area contributed by atoms with Gasteiger partial charge in [-0.25, -0.2) is 10.2 Å². The molecule has 1 atom stereocenters. The van der Waals surface area contributed by atoms with Gasteiger partial charge in [0.25, 0.3) is 0 Å². The Bertz CT molecular complexity index is 344. The summed E-state index contributed by atoms with van der Waals surface area (Å²) in [5.74, 6) is 0.911. The average molecular weight is 205 g/mol. The number of rotatable bonds is 3. The molecule has 0 bridgehead atoms. The van der Waals surface area contributed by atoms with Crippen LogP contribution in [0.3, 0.4) is 0 Å². The van der Waals surface area contributed by atoms with Crippen molar-refractivity contribution in [1.29, 1.82) is 0 Å². The standard InChI is InChI=1S/C11H15N3O/c15-11-13-12-10-3-1-2-9(14(10)11)7-6-8-4-5-8/h1-3,8,10,12H,4-7H2,(H,13,15). The normalized spacial score (nSPS) is 28.8. The van der Waals surface area contributed by atoms with E-state index in [0.29, 0.717) is 0 Å². The summed E-state index contributed by atoms with van der Waals surface area (Å²) < 4.78 is 0. The molecule has 3 aliphatic rings. The van der Waals surface area contributed by atoms with Gasteiger partial charge < -0.3 is 0 Å². The summed E-state index contributed by atoms with van der Waals surface area (Å²) in [6.45, 7) is 0. The fourth-order valence-corrected chi connectivity index (χ4v) is 2.14. The molecule has 0 aromatic heterocycles. The Kier molecular flexibility index (Phi) is 2.02. The van der Waals surface area contributed by atoms with E-state index in [-0.39, 0.29) is 12.2 Å². The molecule has 3 rings (SSSR count). The molecule has 0 radical (unpaired) electrons. The molecule has 0 aromatic carbocycles. The van der Waals surface area contributed by atoms with Crippen molar-refractivity contribution in [3.05, 3.63) is 23.9 Å². The van der Waals surface area contributed by atoms with Gasteiger partial charge in [-0.3, -0.25) is 10.3 Å². The number of nitrogens with one attached hydrogen (secondary N) is 2. The van der Waals surface area contributed by atoms with E-state index in [2.05, 4.69) is 10.9 Å². The summed E-state index contributed by atoms with van der Waals surface area (Å²) in [7, 11) is 0. The monoisotopic (exact) mass is 205 g/mol. The highest BCUT2D eigenvalue weighted by Gasteiger charge is 2.33. The van der Waals surface area contributed by atoms with Crippen molar-refractivity contribution in [3.8, 4) is 0 Å². The van der Waals surface area contributed by atoms with Crippen LogP contribution in [0, 0.1) is 5.92 Å². The van der Waals surface area contributed by atoms with Gasteiger partial charge in [-0.2, -0.15) is 0 Å². The van der Waals surface area contributed by atoms with Gasteiger partial charge in [0.15, 0.2) is 0 Å². The molecule has 4 nitrogen and oxygen atoms in total. The minimum atomic E-state index is -0.0357. The second-order valence-electron chi connectivity index (χ2n) is 4.41. The number of allylic oxidation sites excluding steroid dienone is 3. The van der Waals surface area contributed by atoms with Gasteiger partial charge in [0, 0.05) is 5.70 Å². The van der Waals surface area contributed by atoms with E-state index < -0.39 is 0 Å². The van der Waals surface area contributed by atoms with Gasteiger partial charge in [0.1, 0.15) is 6.17 Å². The first-order valence-corrected chi connectivity index (χ1v) is 5.57. The molecule has 1 saturated carbocycles. The first kappa shape index (κ1) is 8.97. The molecule has 15 heavy (non-hydrogen) atoms. The largest absolute Gasteiger partial charge is 0.337 e. The Labute approximate surface area is 89.0 Å². The summed E-state index contributed by atoms with van der Waals surface area (Å²) in [6.07, 6.45) is 11.0. The molecule has 0 spiro atoms. The third-order valence-corrected chi connectivity index (χ3v) is 3.22. The van der Waals surface area contributed by atoms with E-state index in [0.717, 1.165) is 18.0 Å². The number of hydrogen-bond donors (Lipinski definition) is 2. The Morgan fingerprint density at radius 2 is 2.33 bits per heavy atom. The molecule has 80 valence electrons. The SMILES string of the molecule is O=C1NNC2C=CC=C(CCC3CC3)N12. The van der Waals surface area contributed by atoms with Crippen LogP contribution < -0.4 is 10.9 Å². The quantitative estimate of drug-likeness (QED) is 0.733. The summed E-state index contributed by atoms with van der Waals surface area (Å²) in [6, 6.07) is -0.0357. The number of urea groups is 1. The molecular weight excluding hydrogens is 190 g/mol. The zero-order chi connectivity index (χ0) is 10.3. The third kappa shape index (κ3) is 1.65. The van der Waals surface area contributed by atoms with Gasteiger partial charge in [-0.1, -0.05) is 18.9 Å². The van der Waals surface area contributed by atoms with Crippen molar-refractivity contribution < 1.29 is 4.79 Å². The first-order valence-electron chi connectivity index (χ1n) is 5.57. The number of carbonyl (C=O) groups excluding carboxylic acids is 1. The van der Waals surface area contributed by atoms with Crippen LogP contribution in [0.15, 0.2) is 23.9 Å². The van der Waals surface area contributed by atoms with E-state index in [1.165, 1.54) is 19.3 Å². The molecule has 2 amide bonds. The highest BCUT2D eigenvalue weighted by molar-refractivity contribution is 5.78. The van der Waals surface area contributed by atoms with Gasteiger partial charge in [-0.05, 0) is 30.9 Å². The van der Waals surface area contributed by atoms with E-state index in [4.69, 9.17) is 0 Å². The predicted octanol–water partition coefficient (Wildman–Crippen LogP) is 1.49. The van der Waals surface area contributed by atoms with Gasteiger partial charge in [-0.15, -0.1) is 0 Å². The summed E-state index contributed by atoms with van der Waals surface area (Å²) in [5.41, 5.74) is 6.72. The first-order chi connectivity index (χ1) is 7.34. The number of hydrogen-bond acceptors (Lipinski definition) is 2. The Morgan fingerprint density at radius 3 is 3.13 bits per heavy atom. The third-order valence-electron chi connectivity index (χ3n) is 3.22. The Hall–Kier alpha value is -1.29. The van der Waals surface area contributed by atoms with Gasteiger partial charge in [0.2, 0.25) is 0 Å². The average Bonchev–Trinajstić information content (AvgIpc) is 3.00. The fourth-order valence-electron chi connectivity index (χ4n) is 2.14. The lowest BCUT2D eigenvalue weighted by Gasteiger charge is -2.25. The van der Waals surface area contributed by atoms with Crippen molar-refractivity contribution in [1.82, 2.24) is 15.8 Å². The lowest BCUT2D eigenvalue weighted by molar-refractivity contribution is 0.220. The highest BCUT2D eigenvalue weighted by Crippen LogP contribution is 2.35. The van der Waals surface area contributed by atoms with Crippen LogP contribution in [0.1, 0.15) is 25.7 Å². The molecule has 2 heterocycles. The van der Waals surface area contributed by atoms with E-state index in [9.17, 15) is 4.79 Å². The maximum atomic E-state index is 11.6. The molecule has 1 saturated heterocycles. The smallest absolute Gasteiger partial charge is 0.276 e. The van der Waals surface area contributed by atoms with Crippen LogP contribution in [0.5, 0.6) is 0 Å². The topological polar surface area (TPSA) is 44.4 Å². The van der Waals surface area contributed by atoms with Crippen LogP contribution in [0.4, 0.5) is 4.79 Å². The van der Waals surface area contributed by atoms with Crippen LogP contribution >= 0.6 is 0 Å². The second kappa shape index (κ2) is 3.38. The van der Waals surface area contributed by atoms with E-state index >= 15 is 0 Å². The number of nitrogens with zero attached hydrogens (tertiary/aromatic N) is 1. The molecule has 1 aliphatic carbocycles. The summed E-state index contributed by atoms with van der Waals surface area (Å²) in [5, 5.41) is 0. The molecule has 2 fully saturated rings. The zero-order valence-electron chi connectivity index (χ0n) is 8.57. The lowest BCUT2D eigenvalue weighted by Crippen LogP contribution is -2.36. The van der Waals surface area contributed by atoms with Crippen LogP contribution in [0.2, 0.25) is 0 Å². The number of fused-ring (bicyclic) bond motifs is 1. The predicted molar refractivity (Wildman–Crippen MR) is 56.5 cm³/mol. The Balaban J connectivity index is 1.71. The fraction of sp³-hybridized carbons (Fsp3) is 0.545. The zero-order valence-corrected chi connectivity index (χ0v) is 8.57. The maximum Gasteiger partial charge on any atom is 0.337 e. The minimum absolute atomic E-state index is 0.0108. The molecule has 4 heteroatoms. The number of amides is 2. The lowest BCUT2D eigenvalue weighted by atomic mass is 10.1. The molecule has 2 N–H and O–H groups in total. The van der Waals surface area contributed by atoms with Crippen LogP contribution in [-0.4, -0.2) is 17.1 Å². The number of hydrazine groups is 1. The summed E-state index contributed by atoms with van der Waals surface area (Å²) >= 11 is 0.